The van der Waals surface area contributed by atoms with Gasteiger partial charge in [-0.2, -0.15) is 0 Å². The first-order chi connectivity index (χ1) is 22.4. The van der Waals surface area contributed by atoms with Crippen molar-refractivity contribution < 1.29 is 33.4 Å². The molecule has 10 nitrogen and oxygen atoms in total. The first-order valence-electron chi connectivity index (χ1n) is 16.9. The van der Waals surface area contributed by atoms with Crippen LogP contribution in [0.5, 0.6) is 17.2 Å². The number of hydrogen-bond acceptors (Lipinski definition) is 10. The van der Waals surface area contributed by atoms with Crippen molar-refractivity contribution in [1.29, 1.82) is 0 Å². The molecule has 1 unspecified atom stereocenters. The number of rotatable bonds is 18. The van der Waals surface area contributed by atoms with E-state index in [1.54, 1.807) is 6.21 Å². The number of carbonyl (C=O) groups is 1. The van der Waals surface area contributed by atoms with Gasteiger partial charge in [0.2, 0.25) is 5.75 Å². The minimum atomic E-state index is -1.77. The number of oxime groups is 1. The van der Waals surface area contributed by atoms with Gasteiger partial charge in [0.1, 0.15) is 6.10 Å². The number of methoxy groups -OCH3 is 2. The number of esters is 1. The Hall–Kier alpha value is -3.12. The zero-order chi connectivity index (χ0) is 34.3. The minimum absolute atomic E-state index is 0.0274. The lowest BCUT2D eigenvalue weighted by Gasteiger charge is -2.36. The zero-order valence-corrected chi connectivity index (χ0v) is 30.6. The molecule has 2 aromatic rings. The summed E-state index contributed by atoms with van der Waals surface area (Å²) in [5.41, 5.74) is 1.25. The van der Waals surface area contributed by atoms with E-state index in [0.29, 0.717) is 6.61 Å². The van der Waals surface area contributed by atoms with Crippen molar-refractivity contribution in [3.8, 4) is 17.2 Å². The van der Waals surface area contributed by atoms with Gasteiger partial charge in [0.15, 0.2) is 19.8 Å². The van der Waals surface area contributed by atoms with E-state index < -0.39 is 14.3 Å². The first kappa shape index (κ1) is 38.3. The molecule has 3 rings (SSSR count). The van der Waals surface area contributed by atoms with Crippen LogP contribution in [0.15, 0.2) is 47.6 Å². The summed E-state index contributed by atoms with van der Waals surface area (Å²) in [5, 5.41) is 14.7. The maximum Gasteiger partial charge on any atom is 0.338 e. The van der Waals surface area contributed by atoms with Crippen LogP contribution < -0.4 is 9.47 Å². The van der Waals surface area contributed by atoms with Crippen molar-refractivity contribution >= 4 is 20.5 Å². The number of phenols is 1. The summed E-state index contributed by atoms with van der Waals surface area (Å²) in [6.45, 7) is 18.3. The Kier molecular flexibility index (Phi) is 15.5. The maximum atomic E-state index is 12.6. The van der Waals surface area contributed by atoms with E-state index in [9.17, 15) is 9.90 Å². The Balaban J connectivity index is 1.42. The summed E-state index contributed by atoms with van der Waals surface area (Å²) < 4.78 is 22.3. The summed E-state index contributed by atoms with van der Waals surface area (Å²) in [7, 11) is 1.11. The molecular formula is C36H57N3O7Si. The summed E-state index contributed by atoms with van der Waals surface area (Å²) in [5.74, 6) is -0.200. The number of aromatic hydroxyl groups is 1. The van der Waals surface area contributed by atoms with Gasteiger partial charge in [0.25, 0.3) is 0 Å². The predicted octanol–water partition coefficient (Wildman–Crippen LogP) is 6.58. The molecule has 0 saturated carbocycles. The Morgan fingerprint density at radius 3 is 2.32 bits per heavy atom. The van der Waals surface area contributed by atoms with E-state index in [0.717, 1.165) is 83.5 Å². The average molecular weight is 672 g/mol. The second-order valence-electron chi connectivity index (χ2n) is 13.7. The Morgan fingerprint density at radius 1 is 0.957 bits per heavy atom. The lowest BCUT2D eigenvalue weighted by Crippen LogP contribution is -2.41. The second-order valence-corrected chi connectivity index (χ2v) is 18.5. The van der Waals surface area contributed by atoms with Gasteiger partial charge in [0.05, 0.1) is 32.6 Å². The quantitative estimate of drug-likeness (QED) is 0.0620. The Bertz CT molecular complexity index is 1250. The molecule has 2 aromatic carbocycles. The number of phenolic OH excluding ortho intramolecular Hbond substituents is 1. The molecule has 1 aliphatic rings. The number of benzene rings is 2. The van der Waals surface area contributed by atoms with Crippen molar-refractivity contribution in [1.82, 2.24) is 9.80 Å². The van der Waals surface area contributed by atoms with Gasteiger partial charge >= 0.3 is 5.97 Å². The number of nitrogens with zero attached hydrogens (tertiary/aromatic N) is 3. The van der Waals surface area contributed by atoms with Crippen LogP contribution in [0.1, 0.15) is 68.8 Å². The van der Waals surface area contributed by atoms with Gasteiger partial charge < -0.3 is 38.4 Å². The topological polar surface area (TPSA) is 102 Å². The Labute approximate surface area is 283 Å². The van der Waals surface area contributed by atoms with Crippen LogP contribution in [0.4, 0.5) is 0 Å². The Morgan fingerprint density at radius 2 is 1.66 bits per heavy atom. The normalized spacial score (nSPS) is 15.7. The van der Waals surface area contributed by atoms with Gasteiger partial charge in [0, 0.05) is 32.8 Å². The fourth-order valence-corrected chi connectivity index (χ4v) is 6.31. The largest absolute Gasteiger partial charge is 0.504 e. The van der Waals surface area contributed by atoms with Crippen LogP contribution in [0.2, 0.25) is 18.1 Å². The molecule has 0 aliphatic carbocycles. The molecule has 1 heterocycles. The lowest BCUT2D eigenvalue weighted by atomic mass is 10.1. The van der Waals surface area contributed by atoms with Gasteiger partial charge in [-0.15, -0.1) is 0 Å². The van der Waals surface area contributed by atoms with Crippen LogP contribution in [-0.2, 0) is 14.0 Å². The van der Waals surface area contributed by atoms with Crippen LogP contribution in [0.3, 0.4) is 0 Å². The molecule has 1 fully saturated rings. The van der Waals surface area contributed by atoms with E-state index in [-0.39, 0.29) is 34.0 Å². The van der Waals surface area contributed by atoms with Crippen molar-refractivity contribution in [2.75, 3.05) is 66.7 Å². The highest BCUT2D eigenvalue weighted by atomic mass is 28.4. The highest BCUT2D eigenvalue weighted by molar-refractivity contribution is 6.74. The van der Waals surface area contributed by atoms with Gasteiger partial charge in [-0.05, 0) is 81.0 Å². The highest BCUT2D eigenvalue weighted by Gasteiger charge is 2.36. The second kappa shape index (κ2) is 19.0. The number of hydrogen-bond donors (Lipinski definition) is 1. The van der Waals surface area contributed by atoms with Crippen molar-refractivity contribution in [2.45, 2.75) is 77.1 Å². The lowest BCUT2D eigenvalue weighted by molar-refractivity contribution is 0.0359. The molecule has 0 radical (unpaired) electrons. The molecular weight excluding hydrogens is 614 g/mol. The number of carbonyl (C=O) groups excluding carboxylic acids is 1. The molecule has 11 heteroatoms. The molecule has 1 N–H and O–H groups in total. The molecule has 0 bridgehead atoms. The van der Waals surface area contributed by atoms with Crippen molar-refractivity contribution in [3.63, 3.8) is 0 Å². The van der Waals surface area contributed by atoms with Crippen LogP contribution in [0, 0.1) is 0 Å². The van der Waals surface area contributed by atoms with Crippen molar-refractivity contribution in [2.24, 2.45) is 5.16 Å². The summed E-state index contributed by atoms with van der Waals surface area (Å²) >= 11 is 0. The molecule has 1 saturated heterocycles. The summed E-state index contributed by atoms with van der Waals surface area (Å²) in [6, 6.07) is 12.9. The van der Waals surface area contributed by atoms with E-state index in [2.05, 4.69) is 48.8 Å². The van der Waals surface area contributed by atoms with Crippen LogP contribution >= 0.6 is 0 Å². The van der Waals surface area contributed by atoms with E-state index in [1.807, 2.05) is 30.3 Å². The minimum Gasteiger partial charge on any atom is -0.504 e. The van der Waals surface area contributed by atoms with Gasteiger partial charge in [-0.3, -0.25) is 0 Å². The molecule has 1 aliphatic heterocycles. The van der Waals surface area contributed by atoms with Crippen molar-refractivity contribution in [3.05, 3.63) is 53.6 Å². The third-order valence-electron chi connectivity index (χ3n) is 9.15. The maximum absolute atomic E-state index is 12.6. The van der Waals surface area contributed by atoms with Crippen LogP contribution in [-0.4, -0.2) is 108 Å². The molecule has 0 spiro atoms. The smallest absolute Gasteiger partial charge is 0.338 e. The average Bonchev–Trinajstić information content (AvgIpc) is 3.28. The molecule has 0 amide bonds. The summed E-state index contributed by atoms with van der Waals surface area (Å²) in [4.78, 5) is 23.6. The molecule has 1 atom stereocenters. The molecule has 262 valence electrons. The molecule has 0 aromatic heterocycles. The standard InChI is InChI=1S/C36H57N3O7Si/c1-36(2,3)47(6,7)45-25-11-16-31(46-37-28-29-14-9-8-10-15-29)17-21-39-19-12-18-38(22-23-39)20-13-24-44-35(41)30-26-32(40)34(43-5)33(27-30)42-4/h8-10,14-15,26-28,31,40H,11-13,16-25H2,1-7H3/b37-28+. The fourth-order valence-electron chi connectivity index (χ4n) is 5.22. The first-order valence-corrected chi connectivity index (χ1v) is 19.8. The van der Waals surface area contributed by atoms with Gasteiger partial charge in [-0.25, -0.2) is 4.79 Å². The highest BCUT2D eigenvalue weighted by Crippen LogP contribution is 2.38. The predicted molar refractivity (Wildman–Crippen MR) is 190 cm³/mol. The van der Waals surface area contributed by atoms with Gasteiger partial charge in [-0.1, -0.05) is 56.3 Å². The molecule has 47 heavy (non-hydrogen) atoms. The fraction of sp³-hybridized carbons (Fsp3) is 0.611. The summed E-state index contributed by atoms with van der Waals surface area (Å²) in [6.07, 6.45) is 6.40. The third kappa shape index (κ3) is 12.8. The van der Waals surface area contributed by atoms with E-state index in [4.69, 9.17) is 23.5 Å². The number of ether oxygens (including phenoxy) is 3. The SMILES string of the molecule is COc1cc(C(=O)OCCCN2CCCN(CCC(CCCO[Si](C)(C)C(C)(C)C)O/N=C/c3ccccc3)CC2)cc(O)c1OC. The van der Waals surface area contributed by atoms with E-state index >= 15 is 0 Å². The monoisotopic (exact) mass is 671 g/mol. The van der Waals surface area contributed by atoms with E-state index in [1.165, 1.54) is 26.4 Å². The van der Waals surface area contributed by atoms with Crippen LogP contribution in [0.25, 0.3) is 0 Å². The third-order valence-corrected chi connectivity index (χ3v) is 13.7. The zero-order valence-electron chi connectivity index (χ0n) is 29.6.